The van der Waals surface area contributed by atoms with Crippen LogP contribution in [0.5, 0.6) is 0 Å². The third-order valence-corrected chi connectivity index (χ3v) is 3.79. The molecule has 0 aromatic rings. The number of aliphatic carboxylic acids is 1. The average Bonchev–Trinajstić information content (AvgIpc) is 2.52. The Balaban J connectivity index is 3.09. The SMILES string of the molecule is CO[C@@]1(C(=O)O)C[C@H](O)[C@@H](NC(C)=O)[C@H]([C@H](O)[C@H](O)COC(C)=O)O1. The Morgan fingerprint density at radius 2 is 1.92 bits per heavy atom. The summed E-state index contributed by atoms with van der Waals surface area (Å²) in [6, 6.07) is -1.22. The summed E-state index contributed by atoms with van der Waals surface area (Å²) in [5, 5.41) is 42.1. The van der Waals surface area contributed by atoms with Crippen molar-refractivity contribution in [2.45, 2.75) is 56.5 Å². The summed E-state index contributed by atoms with van der Waals surface area (Å²) >= 11 is 0. The fourth-order valence-corrected chi connectivity index (χ4v) is 2.53. The second-order valence-corrected chi connectivity index (χ2v) is 5.70. The van der Waals surface area contributed by atoms with Crippen LogP contribution in [0.15, 0.2) is 0 Å². The van der Waals surface area contributed by atoms with Crippen LogP contribution < -0.4 is 5.32 Å². The molecule has 0 spiro atoms. The molecular weight excluding hydrogens is 342 g/mol. The molecule has 0 unspecified atom stereocenters. The van der Waals surface area contributed by atoms with Gasteiger partial charge in [-0.25, -0.2) is 4.79 Å². The quantitative estimate of drug-likeness (QED) is 0.300. The number of carbonyl (C=O) groups excluding carboxylic acids is 2. The highest BCUT2D eigenvalue weighted by molar-refractivity contribution is 5.76. The molecule has 0 aromatic carbocycles. The molecule has 0 bridgehead atoms. The number of carboxylic acids is 1. The van der Waals surface area contributed by atoms with Crippen molar-refractivity contribution in [2.75, 3.05) is 13.7 Å². The molecule has 1 aliphatic rings. The van der Waals surface area contributed by atoms with Gasteiger partial charge >= 0.3 is 11.9 Å². The fraction of sp³-hybridized carbons (Fsp3) is 0.786. The predicted molar refractivity (Wildman–Crippen MR) is 79.1 cm³/mol. The van der Waals surface area contributed by atoms with Crippen molar-refractivity contribution in [3.05, 3.63) is 0 Å². The first-order valence-corrected chi connectivity index (χ1v) is 7.45. The van der Waals surface area contributed by atoms with E-state index >= 15 is 0 Å². The van der Waals surface area contributed by atoms with E-state index in [-0.39, 0.29) is 0 Å². The van der Waals surface area contributed by atoms with Crippen molar-refractivity contribution in [3.8, 4) is 0 Å². The van der Waals surface area contributed by atoms with Gasteiger partial charge in [0.25, 0.3) is 5.79 Å². The molecule has 11 heteroatoms. The van der Waals surface area contributed by atoms with Crippen LogP contribution in [-0.2, 0) is 28.6 Å². The van der Waals surface area contributed by atoms with Crippen LogP contribution >= 0.6 is 0 Å². The zero-order valence-electron chi connectivity index (χ0n) is 14.0. The number of rotatable bonds is 7. The van der Waals surface area contributed by atoms with Gasteiger partial charge in [-0.3, -0.25) is 9.59 Å². The number of carboxylic acid groups (broad SMARTS) is 1. The van der Waals surface area contributed by atoms with Crippen molar-refractivity contribution in [1.29, 1.82) is 0 Å². The Labute approximate surface area is 143 Å². The van der Waals surface area contributed by atoms with Crippen LogP contribution in [0.2, 0.25) is 0 Å². The molecule has 0 radical (unpaired) electrons. The van der Waals surface area contributed by atoms with Crippen LogP contribution in [-0.4, -0.2) is 88.2 Å². The molecule has 1 fully saturated rings. The molecule has 1 amide bonds. The normalized spacial score (nSPS) is 31.7. The summed E-state index contributed by atoms with van der Waals surface area (Å²) in [6.07, 6.45) is -6.96. The maximum Gasteiger partial charge on any atom is 0.364 e. The van der Waals surface area contributed by atoms with Crippen molar-refractivity contribution < 1.29 is 49.0 Å². The molecule has 1 saturated heterocycles. The minimum atomic E-state index is -2.28. The Bertz CT molecular complexity index is 512. The van der Waals surface area contributed by atoms with E-state index in [2.05, 4.69) is 10.1 Å². The lowest BCUT2D eigenvalue weighted by Crippen LogP contribution is -2.67. The molecule has 0 saturated carbocycles. The molecule has 25 heavy (non-hydrogen) atoms. The largest absolute Gasteiger partial charge is 0.477 e. The minimum Gasteiger partial charge on any atom is -0.477 e. The molecule has 1 heterocycles. The molecular formula is C14H23NO10. The fourth-order valence-electron chi connectivity index (χ4n) is 2.53. The van der Waals surface area contributed by atoms with Crippen LogP contribution in [0.4, 0.5) is 0 Å². The highest BCUT2D eigenvalue weighted by atomic mass is 16.7. The van der Waals surface area contributed by atoms with Gasteiger partial charge in [-0.1, -0.05) is 0 Å². The van der Waals surface area contributed by atoms with Gasteiger partial charge in [0.05, 0.1) is 12.1 Å². The number of carbonyl (C=O) groups is 3. The Morgan fingerprint density at radius 1 is 1.32 bits per heavy atom. The first kappa shape index (κ1) is 21.3. The van der Waals surface area contributed by atoms with Crippen molar-refractivity contribution in [3.63, 3.8) is 0 Å². The van der Waals surface area contributed by atoms with Gasteiger partial charge in [0.2, 0.25) is 5.91 Å². The monoisotopic (exact) mass is 365 g/mol. The van der Waals surface area contributed by atoms with Crippen LogP contribution in [0.1, 0.15) is 20.3 Å². The first-order chi connectivity index (χ1) is 11.5. The number of amides is 1. The van der Waals surface area contributed by atoms with E-state index < -0.39 is 67.1 Å². The van der Waals surface area contributed by atoms with Crippen molar-refractivity contribution >= 4 is 17.8 Å². The van der Waals surface area contributed by atoms with E-state index in [9.17, 15) is 34.8 Å². The summed E-state index contributed by atoms with van der Waals surface area (Å²) in [7, 11) is 1.04. The van der Waals surface area contributed by atoms with E-state index in [0.29, 0.717) is 0 Å². The van der Waals surface area contributed by atoms with Gasteiger partial charge in [0, 0.05) is 27.4 Å². The molecule has 0 aromatic heterocycles. The Morgan fingerprint density at radius 3 is 2.36 bits per heavy atom. The van der Waals surface area contributed by atoms with Gasteiger partial charge < -0.3 is 40.0 Å². The van der Waals surface area contributed by atoms with E-state index in [1.54, 1.807) is 0 Å². The van der Waals surface area contributed by atoms with Gasteiger partial charge in [0.1, 0.15) is 24.9 Å². The summed E-state index contributed by atoms with van der Waals surface area (Å²) in [6.45, 7) is 1.66. The smallest absolute Gasteiger partial charge is 0.364 e. The molecule has 11 nitrogen and oxygen atoms in total. The zero-order valence-corrected chi connectivity index (χ0v) is 14.0. The summed E-state index contributed by atoms with van der Waals surface area (Å²) in [4.78, 5) is 33.6. The van der Waals surface area contributed by atoms with E-state index in [0.717, 1.165) is 21.0 Å². The summed E-state index contributed by atoms with van der Waals surface area (Å²) in [5.74, 6) is -5.10. The van der Waals surface area contributed by atoms with Gasteiger partial charge in [-0.2, -0.15) is 0 Å². The standard InChI is InChI=1S/C14H23NO10/c1-6(16)15-10-8(18)4-14(23-3,13(21)22)25-12(10)11(20)9(19)5-24-7(2)17/h8-12,18-20H,4-5H2,1-3H3,(H,15,16)(H,21,22)/t8-,9+,10+,11+,12+,14-/m0/s1. The maximum atomic E-state index is 11.5. The zero-order chi connectivity index (χ0) is 19.4. The Kier molecular flexibility index (Phi) is 7.26. The van der Waals surface area contributed by atoms with Gasteiger partial charge in [-0.15, -0.1) is 0 Å². The van der Waals surface area contributed by atoms with Crippen LogP contribution in [0, 0.1) is 0 Å². The highest BCUT2D eigenvalue weighted by Crippen LogP contribution is 2.33. The Hall–Kier alpha value is -1.79. The van der Waals surface area contributed by atoms with E-state index in [1.165, 1.54) is 0 Å². The maximum absolute atomic E-state index is 11.5. The van der Waals surface area contributed by atoms with Crippen LogP contribution in [0.25, 0.3) is 0 Å². The number of hydrogen-bond donors (Lipinski definition) is 5. The first-order valence-electron chi connectivity index (χ1n) is 7.45. The number of ether oxygens (including phenoxy) is 3. The topological polar surface area (TPSA) is 172 Å². The predicted octanol–water partition coefficient (Wildman–Crippen LogP) is -2.65. The lowest BCUT2D eigenvalue weighted by Gasteiger charge is -2.46. The second-order valence-electron chi connectivity index (χ2n) is 5.70. The number of aliphatic hydroxyl groups is 3. The molecule has 1 rings (SSSR count). The number of esters is 1. The minimum absolute atomic E-state index is 0.521. The van der Waals surface area contributed by atoms with Gasteiger partial charge in [-0.05, 0) is 0 Å². The summed E-state index contributed by atoms with van der Waals surface area (Å²) < 4.78 is 14.7. The highest BCUT2D eigenvalue weighted by Gasteiger charge is 2.55. The number of aliphatic hydroxyl groups excluding tert-OH is 3. The lowest BCUT2D eigenvalue weighted by molar-refractivity contribution is -0.303. The molecule has 6 atom stereocenters. The summed E-state index contributed by atoms with van der Waals surface area (Å²) in [5.41, 5.74) is 0. The average molecular weight is 365 g/mol. The number of nitrogens with one attached hydrogen (secondary N) is 1. The van der Waals surface area contributed by atoms with Crippen LogP contribution in [0.3, 0.4) is 0 Å². The van der Waals surface area contributed by atoms with E-state index in [4.69, 9.17) is 9.47 Å². The second kappa shape index (κ2) is 8.54. The third kappa shape index (κ3) is 5.09. The molecule has 1 aliphatic heterocycles. The van der Waals surface area contributed by atoms with Crippen molar-refractivity contribution in [2.24, 2.45) is 0 Å². The van der Waals surface area contributed by atoms with E-state index in [1.807, 2.05) is 0 Å². The number of methoxy groups -OCH3 is 1. The molecule has 0 aliphatic carbocycles. The molecule has 5 N–H and O–H groups in total. The van der Waals surface area contributed by atoms with Gasteiger partial charge in [0.15, 0.2) is 0 Å². The third-order valence-electron chi connectivity index (χ3n) is 3.79. The lowest BCUT2D eigenvalue weighted by atomic mass is 9.88. The number of hydrogen-bond acceptors (Lipinski definition) is 9. The molecule has 144 valence electrons. The van der Waals surface area contributed by atoms with Crippen molar-refractivity contribution in [1.82, 2.24) is 5.32 Å².